The number of hydrogen-bond donors (Lipinski definition) is 2. The molecule has 4 nitrogen and oxygen atoms in total. The summed E-state index contributed by atoms with van der Waals surface area (Å²) in [6.07, 6.45) is -1.48. The fraction of sp³-hybridized carbons (Fsp3) is 0.923. The molecule has 1 aliphatic heterocycles. The number of alkyl halides is 3. The number of nitrogens with one attached hydrogen (secondary N) is 2. The molecule has 2 N–H and O–H groups in total. The van der Waals surface area contributed by atoms with Gasteiger partial charge in [-0.25, -0.2) is 4.79 Å². The van der Waals surface area contributed by atoms with Crippen molar-refractivity contribution in [1.82, 2.24) is 15.5 Å². The molecule has 1 atom stereocenters. The molecule has 0 radical (unpaired) electrons. The average molecular weight is 327 g/mol. The normalized spacial score (nSPS) is 20.6. The number of rotatable bonds is 6. The quantitative estimate of drug-likeness (QED) is 0.787. The van der Waals surface area contributed by atoms with Crippen LogP contribution in [-0.4, -0.2) is 60.8 Å². The molecule has 1 rings (SSSR count). The van der Waals surface area contributed by atoms with E-state index in [1.54, 1.807) is 11.8 Å². The van der Waals surface area contributed by atoms with E-state index in [1.165, 1.54) is 4.90 Å². The summed E-state index contributed by atoms with van der Waals surface area (Å²) in [5.41, 5.74) is 0. The molecule has 0 aromatic rings. The number of nitrogens with zero attached hydrogens (tertiary/aromatic N) is 1. The van der Waals surface area contributed by atoms with E-state index in [-0.39, 0.29) is 16.7 Å². The number of carbonyl (C=O) groups excluding carboxylic acids is 1. The number of urea groups is 1. The minimum Gasteiger partial charge on any atom is -0.338 e. The van der Waals surface area contributed by atoms with E-state index in [1.807, 2.05) is 20.1 Å². The van der Waals surface area contributed by atoms with Gasteiger partial charge in [-0.15, -0.1) is 0 Å². The molecular weight excluding hydrogens is 303 g/mol. The van der Waals surface area contributed by atoms with Crippen molar-refractivity contribution in [3.63, 3.8) is 0 Å². The highest BCUT2D eigenvalue weighted by atomic mass is 32.2. The summed E-state index contributed by atoms with van der Waals surface area (Å²) in [6, 6.07) is -0.258. The van der Waals surface area contributed by atoms with Crippen molar-refractivity contribution in [2.45, 2.75) is 31.2 Å². The third-order valence-corrected chi connectivity index (χ3v) is 4.80. The zero-order valence-electron chi connectivity index (χ0n) is 12.7. The van der Waals surface area contributed by atoms with E-state index >= 15 is 0 Å². The third-order valence-electron chi connectivity index (χ3n) is 3.55. The van der Waals surface area contributed by atoms with Crippen LogP contribution in [0.4, 0.5) is 18.0 Å². The molecule has 1 fully saturated rings. The molecule has 0 bridgehead atoms. The minimum atomic E-state index is -4.15. The van der Waals surface area contributed by atoms with Gasteiger partial charge in [0.15, 0.2) is 0 Å². The molecule has 1 aliphatic rings. The maximum Gasteiger partial charge on any atom is 0.401 e. The van der Waals surface area contributed by atoms with E-state index in [0.717, 1.165) is 0 Å². The molecule has 0 saturated carbocycles. The number of carbonyl (C=O) groups is 1. The third kappa shape index (κ3) is 7.80. The summed E-state index contributed by atoms with van der Waals surface area (Å²) in [5, 5.41) is 5.52. The number of hydrogen-bond acceptors (Lipinski definition) is 3. The molecule has 1 unspecified atom stereocenters. The standard InChI is InChI=1S/C13H24F3N3OS/c1-12(2,21-3)8-18-11(20)17-6-10-4-5-19(7-10)9-13(14,15)16/h10H,4-9H2,1-3H3,(H2,17,18,20). The number of thioether (sulfide) groups is 1. The molecule has 0 aromatic heterocycles. The minimum absolute atomic E-state index is 0.0335. The molecule has 8 heteroatoms. The SMILES string of the molecule is CSC(C)(C)CNC(=O)NCC1CCN(CC(F)(F)F)C1. The first-order valence-electron chi connectivity index (χ1n) is 6.97. The van der Waals surface area contributed by atoms with Gasteiger partial charge in [-0.3, -0.25) is 4.90 Å². The Morgan fingerprint density at radius 1 is 1.33 bits per heavy atom. The largest absolute Gasteiger partial charge is 0.401 e. The van der Waals surface area contributed by atoms with Crippen LogP contribution in [0.2, 0.25) is 0 Å². The highest BCUT2D eigenvalue weighted by Crippen LogP contribution is 2.22. The van der Waals surface area contributed by atoms with Crippen molar-refractivity contribution in [2.24, 2.45) is 5.92 Å². The summed E-state index contributed by atoms with van der Waals surface area (Å²) < 4.78 is 36.8. The second-order valence-corrected chi connectivity index (χ2v) is 7.55. The van der Waals surface area contributed by atoms with Gasteiger partial charge in [-0.2, -0.15) is 24.9 Å². The van der Waals surface area contributed by atoms with Gasteiger partial charge < -0.3 is 10.6 Å². The van der Waals surface area contributed by atoms with Crippen molar-refractivity contribution in [2.75, 3.05) is 39.0 Å². The maximum absolute atomic E-state index is 12.3. The van der Waals surface area contributed by atoms with Crippen LogP contribution in [0.25, 0.3) is 0 Å². The summed E-state index contributed by atoms with van der Waals surface area (Å²) in [5.74, 6) is 0.0895. The zero-order chi connectivity index (χ0) is 16.1. The zero-order valence-corrected chi connectivity index (χ0v) is 13.5. The van der Waals surface area contributed by atoms with Crippen LogP contribution in [0.15, 0.2) is 0 Å². The van der Waals surface area contributed by atoms with Crippen LogP contribution in [0, 0.1) is 5.92 Å². The van der Waals surface area contributed by atoms with Gasteiger partial charge in [-0.1, -0.05) is 0 Å². The van der Waals surface area contributed by atoms with Crippen LogP contribution >= 0.6 is 11.8 Å². The van der Waals surface area contributed by atoms with Crippen LogP contribution in [0.3, 0.4) is 0 Å². The van der Waals surface area contributed by atoms with Crippen LogP contribution in [0.1, 0.15) is 20.3 Å². The van der Waals surface area contributed by atoms with Gasteiger partial charge in [0, 0.05) is 24.4 Å². The van der Waals surface area contributed by atoms with Crippen LogP contribution < -0.4 is 10.6 Å². The summed E-state index contributed by atoms with van der Waals surface area (Å²) in [6.45, 7) is 4.99. The smallest absolute Gasteiger partial charge is 0.338 e. The van der Waals surface area contributed by atoms with Crippen molar-refractivity contribution in [1.29, 1.82) is 0 Å². The van der Waals surface area contributed by atoms with Crippen molar-refractivity contribution in [3.05, 3.63) is 0 Å². The van der Waals surface area contributed by atoms with Crippen molar-refractivity contribution in [3.8, 4) is 0 Å². The van der Waals surface area contributed by atoms with E-state index in [4.69, 9.17) is 0 Å². The Morgan fingerprint density at radius 3 is 2.57 bits per heavy atom. The lowest BCUT2D eigenvalue weighted by atomic mass is 10.1. The van der Waals surface area contributed by atoms with Crippen LogP contribution in [-0.2, 0) is 0 Å². The van der Waals surface area contributed by atoms with E-state index < -0.39 is 12.7 Å². The average Bonchev–Trinajstić information content (AvgIpc) is 2.79. The topological polar surface area (TPSA) is 44.4 Å². The fourth-order valence-corrected chi connectivity index (χ4v) is 2.36. The first-order chi connectivity index (χ1) is 9.61. The molecule has 1 heterocycles. The fourth-order valence-electron chi connectivity index (χ4n) is 2.14. The first-order valence-corrected chi connectivity index (χ1v) is 8.20. The number of halogens is 3. The molecule has 0 spiro atoms. The number of amides is 2. The molecule has 124 valence electrons. The highest BCUT2D eigenvalue weighted by Gasteiger charge is 2.34. The van der Waals surface area contributed by atoms with Crippen molar-refractivity contribution < 1.29 is 18.0 Å². The Hall–Kier alpha value is -0.630. The lowest BCUT2D eigenvalue weighted by Crippen LogP contribution is -2.43. The first kappa shape index (κ1) is 18.4. The molecule has 1 saturated heterocycles. The predicted molar refractivity (Wildman–Crippen MR) is 79.6 cm³/mol. The summed E-state index contributed by atoms with van der Waals surface area (Å²) in [7, 11) is 0. The molecule has 0 aromatic carbocycles. The number of likely N-dealkylation sites (tertiary alicyclic amines) is 1. The van der Waals surface area contributed by atoms with Gasteiger partial charge in [0.2, 0.25) is 0 Å². The van der Waals surface area contributed by atoms with Crippen LogP contribution in [0.5, 0.6) is 0 Å². The van der Waals surface area contributed by atoms with Gasteiger partial charge in [0.05, 0.1) is 6.54 Å². The lowest BCUT2D eigenvalue weighted by molar-refractivity contribution is -0.143. The lowest BCUT2D eigenvalue weighted by Gasteiger charge is -2.22. The molecule has 21 heavy (non-hydrogen) atoms. The van der Waals surface area contributed by atoms with Gasteiger partial charge in [-0.05, 0) is 39.0 Å². The second kappa shape index (κ2) is 7.58. The van der Waals surface area contributed by atoms with E-state index in [9.17, 15) is 18.0 Å². The predicted octanol–water partition coefficient (Wildman–Crippen LogP) is 2.31. The summed E-state index contributed by atoms with van der Waals surface area (Å²) >= 11 is 1.66. The van der Waals surface area contributed by atoms with Crippen molar-refractivity contribution >= 4 is 17.8 Å². The molecule has 2 amide bonds. The Labute approximate surface area is 128 Å². The Kier molecular flexibility index (Phi) is 6.65. The highest BCUT2D eigenvalue weighted by molar-refractivity contribution is 7.99. The van der Waals surface area contributed by atoms with Gasteiger partial charge in [0.25, 0.3) is 0 Å². The summed E-state index contributed by atoms with van der Waals surface area (Å²) in [4.78, 5) is 13.0. The Balaban J connectivity index is 2.20. The van der Waals surface area contributed by atoms with E-state index in [2.05, 4.69) is 10.6 Å². The van der Waals surface area contributed by atoms with Gasteiger partial charge >= 0.3 is 12.2 Å². The van der Waals surface area contributed by atoms with Gasteiger partial charge in [0.1, 0.15) is 0 Å². The maximum atomic E-state index is 12.3. The Morgan fingerprint density at radius 2 is 2.00 bits per heavy atom. The molecular formula is C13H24F3N3OS. The monoisotopic (exact) mass is 327 g/mol. The Bertz CT molecular complexity index is 350. The molecule has 0 aliphatic carbocycles. The van der Waals surface area contributed by atoms with E-state index in [0.29, 0.717) is 32.6 Å². The second-order valence-electron chi connectivity index (χ2n) is 6.03.